The molecule has 0 heterocycles. The second kappa shape index (κ2) is 5.88. The maximum absolute atomic E-state index is 9.66. The number of aliphatic hydroxyl groups is 1. The van der Waals surface area contributed by atoms with Gasteiger partial charge in [0.2, 0.25) is 0 Å². The van der Waals surface area contributed by atoms with Crippen LogP contribution in [0.5, 0.6) is 0 Å². The lowest BCUT2D eigenvalue weighted by Gasteiger charge is -1.93. The van der Waals surface area contributed by atoms with Gasteiger partial charge in [-0.05, 0) is 0 Å². The Balaban J connectivity index is 2.45. The van der Waals surface area contributed by atoms with Crippen LogP contribution in [0.1, 0.15) is 0 Å². The predicted octanol–water partition coefficient (Wildman–Crippen LogP) is -1.00. The molecule has 0 aliphatic carbocycles. The fourth-order valence-corrected chi connectivity index (χ4v) is 0.276. The lowest BCUT2D eigenvalue weighted by Crippen LogP contribution is -2.21. The summed E-state index contributed by atoms with van der Waals surface area (Å²) >= 11 is 0. The molecule has 43 valence electrons. The third-order valence-corrected chi connectivity index (χ3v) is 0.567. The first-order chi connectivity index (χ1) is 3.41. The highest BCUT2D eigenvalue weighted by Gasteiger charge is 1.79. The average Bonchev–Trinajstić information content (AvgIpc) is 1.69. The molecule has 0 aromatic heterocycles. The van der Waals surface area contributed by atoms with E-state index in [4.69, 9.17) is 5.11 Å². The molecule has 0 aliphatic rings. The number of rotatable bonds is 4. The van der Waals surface area contributed by atoms with Gasteiger partial charge in [-0.1, -0.05) is 0 Å². The lowest BCUT2D eigenvalue weighted by molar-refractivity contribution is 0.190. The van der Waals surface area contributed by atoms with E-state index in [0.717, 1.165) is 0 Å². The van der Waals surface area contributed by atoms with E-state index in [1.54, 1.807) is 0 Å². The maximum Gasteiger partial charge on any atom is 0.0946 e. The summed E-state index contributed by atoms with van der Waals surface area (Å²) in [6, 6.07) is 0. The van der Waals surface area contributed by atoms with E-state index in [1.807, 2.05) is 0 Å². The van der Waals surface area contributed by atoms with Crippen molar-refractivity contribution in [2.75, 3.05) is 26.3 Å². The van der Waals surface area contributed by atoms with Gasteiger partial charge in [-0.3, -0.25) is 0 Å². The van der Waals surface area contributed by atoms with Crippen LogP contribution in [-0.4, -0.2) is 31.4 Å². The van der Waals surface area contributed by atoms with Crippen molar-refractivity contribution in [3.05, 3.63) is 0 Å². The zero-order valence-corrected chi connectivity index (χ0v) is 4.18. The minimum absolute atomic E-state index is 0.111. The molecule has 3 nitrogen and oxygen atoms in total. The highest BCUT2D eigenvalue weighted by molar-refractivity contribution is 4.39. The molecule has 1 radical (unpaired) electrons. The van der Waals surface area contributed by atoms with E-state index in [0.29, 0.717) is 13.1 Å². The van der Waals surface area contributed by atoms with Crippen LogP contribution in [0, 0.1) is 0 Å². The van der Waals surface area contributed by atoms with Crippen LogP contribution in [0.25, 0.3) is 0 Å². The molecular weight excluding hydrogens is 94.0 g/mol. The van der Waals surface area contributed by atoms with Crippen LogP contribution < -0.4 is 5.32 Å². The summed E-state index contributed by atoms with van der Waals surface area (Å²) in [6.45, 7) is 0.989. The lowest BCUT2D eigenvalue weighted by atomic mass is 10.6. The Labute approximate surface area is 43.0 Å². The molecule has 0 saturated heterocycles. The summed E-state index contributed by atoms with van der Waals surface area (Å²) in [5.74, 6) is 0. The van der Waals surface area contributed by atoms with Gasteiger partial charge in [0.25, 0.3) is 0 Å². The molecular formula is C4H10NO2. The molecule has 0 spiro atoms. The van der Waals surface area contributed by atoms with E-state index in [9.17, 15) is 5.11 Å². The van der Waals surface area contributed by atoms with Crippen molar-refractivity contribution in [3.63, 3.8) is 0 Å². The van der Waals surface area contributed by atoms with Crippen molar-refractivity contribution in [2.24, 2.45) is 0 Å². The van der Waals surface area contributed by atoms with Gasteiger partial charge in [0.1, 0.15) is 0 Å². The van der Waals surface area contributed by atoms with Crippen LogP contribution in [0.4, 0.5) is 0 Å². The summed E-state index contributed by atoms with van der Waals surface area (Å²) < 4.78 is 0. The third kappa shape index (κ3) is 5.88. The quantitative estimate of drug-likeness (QED) is 0.449. The van der Waals surface area contributed by atoms with Gasteiger partial charge < -0.3 is 10.4 Å². The third-order valence-electron chi connectivity index (χ3n) is 0.567. The summed E-state index contributed by atoms with van der Waals surface area (Å²) in [5, 5.41) is 20.5. The van der Waals surface area contributed by atoms with Crippen molar-refractivity contribution >= 4 is 0 Å². The van der Waals surface area contributed by atoms with E-state index >= 15 is 0 Å². The predicted molar refractivity (Wildman–Crippen MR) is 25.5 cm³/mol. The van der Waals surface area contributed by atoms with Gasteiger partial charge in [-0.2, -0.15) is 0 Å². The molecule has 7 heavy (non-hydrogen) atoms. The second-order valence-corrected chi connectivity index (χ2v) is 1.18. The van der Waals surface area contributed by atoms with Crippen molar-refractivity contribution in [1.82, 2.24) is 5.32 Å². The maximum atomic E-state index is 9.66. The van der Waals surface area contributed by atoms with E-state index in [1.165, 1.54) is 0 Å². The average molecular weight is 104 g/mol. The van der Waals surface area contributed by atoms with Crippen molar-refractivity contribution in [3.8, 4) is 0 Å². The van der Waals surface area contributed by atoms with Crippen molar-refractivity contribution in [1.29, 1.82) is 0 Å². The Morgan fingerprint density at radius 3 is 2.57 bits per heavy atom. The smallest absolute Gasteiger partial charge is 0.0946 e. The molecule has 0 rings (SSSR count). The first kappa shape index (κ1) is 6.88. The number of nitrogens with one attached hydrogen (secondary N) is 1. The van der Waals surface area contributed by atoms with Gasteiger partial charge in [-0.25, -0.2) is 5.11 Å². The SMILES string of the molecule is [O]CCNCCO. The Morgan fingerprint density at radius 1 is 1.43 bits per heavy atom. The molecule has 0 aromatic carbocycles. The summed E-state index contributed by atoms with van der Waals surface area (Å²) in [5.41, 5.74) is 0. The van der Waals surface area contributed by atoms with Gasteiger partial charge in [-0.15, -0.1) is 0 Å². The summed E-state index contributed by atoms with van der Waals surface area (Å²) in [7, 11) is 0. The first-order valence-electron chi connectivity index (χ1n) is 2.31. The normalized spacial score (nSPS) is 9.43. The molecule has 0 aromatic rings. The standard InChI is InChI=1S/C4H10NO2/c6-3-1-5-2-4-7/h5-6H,1-4H2. The zero-order chi connectivity index (χ0) is 5.54. The zero-order valence-electron chi connectivity index (χ0n) is 4.18. The molecule has 0 amide bonds. The highest BCUT2D eigenvalue weighted by atomic mass is 16.3. The fraction of sp³-hybridized carbons (Fsp3) is 1.00. The molecule has 0 saturated carbocycles. The number of aliphatic hydroxyl groups excluding tert-OH is 1. The topological polar surface area (TPSA) is 52.2 Å². The minimum atomic E-state index is -0.111. The van der Waals surface area contributed by atoms with Crippen LogP contribution >= 0.6 is 0 Å². The second-order valence-electron chi connectivity index (χ2n) is 1.18. The van der Waals surface area contributed by atoms with Gasteiger partial charge >= 0.3 is 0 Å². The Hall–Kier alpha value is -0.120. The summed E-state index contributed by atoms with van der Waals surface area (Å²) in [6.07, 6.45) is 0. The van der Waals surface area contributed by atoms with E-state index in [-0.39, 0.29) is 13.2 Å². The van der Waals surface area contributed by atoms with Gasteiger partial charge in [0, 0.05) is 13.1 Å². The summed E-state index contributed by atoms with van der Waals surface area (Å²) in [4.78, 5) is 0. The first-order valence-corrected chi connectivity index (χ1v) is 2.31. The Kier molecular flexibility index (Phi) is 5.78. The molecule has 0 aliphatic heterocycles. The van der Waals surface area contributed by atoms with E-state index < -0.39 is 0 Å². The van der Waals surface area contributed by atoms with Crippen LogP contribution in [0.15, 0.2) is 0 Å². The molecule has 0 bridgehead atoms. The molecule has 0 unspecified atom stereocenters. The molecule has 3 heteroatoms. The van der Waals surface area contributed by atoms with Crippen molar-refractivity contribution < 1.29 is 10.2 Å². The van der Waals surface area contributed by atoms with Crippen LogP contribution in [0.2, 0.25) is 0 Å². The number of hydrogen-bond donors (Lipinski definition) is 2. The minimum Gasteiger partial charge on any atom is -0.395 e. The highest BCUT2D eigenvalue weighted by Crippen LogP contribution is 1.54. The van der Waals surface area contributed by atoms with Crippen LogP contribution in [-0.2, 0) is 5.11 Å². The number of hydrogen-bond acceptors (Lipinski definition) is 2. The monoisotopic (exact) mass is 104 g/mol. The van der Waals surface area contributed by atoms with Crippen molar-refractivity contribution in [2.45, 2.75) is 0 Å². The van der Waals surface area contributed by atoms with Crippen LogP contribution in [0.3, 0.4) is 0 Å². The van der Waals surface area contributed by atoms with E-state index in [2.05, 4.69) is 5.32 Å². The molecule has 2 N–H and O–H groups in total. The molecule has 0 fully saturated rings. The molecule has 0 atom stereocenters. The Bertz CT molecular complexity index is 28.9. The fourth-order valence-electron chi connectivity index (χ4n) is 0.276. The largest absolute Gasteiger partial charge is 0.395 e. The Morgan fingerprint density at radius 2 is 2.14 bits per heavy atom. The van der Waals surface area contributed by atoms with Gasteiger partial charge in [0.15, 0.2) is 0 Å². The van der Waals surface area contributed by atoms with Gasteiger partial charge in [0.05, 0.1) is 13.2 Å².